The number of rotatable bonds is 8. The number of guanidine groups is 1. The van der Waals surface area contributed by atoms with Crippen LogP contribution in [0.15, 0.2) is 53.7 Å². The first kappa shape index (κ1) is 20.8. The summed E-state index contributed by atoms with van der Waals surface area (Å²) in [6.07, 6.45) is 3.84. The fourth-order valence-electron chi connectivity index (χ4n) is 3.26. The van der Waals surface area contributed by atoms with Gasteiger partial charge in [0.1, 0.15) is 5.82 Å². The summed E-state index contributed by atoms with van der Waals surface area (Å²) >= 11 is 0. The van der Waals surface area contributed by atoms with E-state index in [0.717, 1.165) is 43.4 Å². The second-order valence-electron chi connectivity index (χ2n) is 7.85. The average Bonchev–Trinajstić information content (AvgIpc) is 3.15. The summed E-state index contributed by atoms with van der Waals surface area (Å²) in [6, 6.07) is 14.8. The summed E-state index contributed by atoms with van der Waals surface area (Å²) in [6.45, 7) is 11.0. The van der Waals surface area contributed by atoms with Gasteiger partial charge in [-0.05, 0) is 36.6 Å². The van der Waals surface area contributed by atoms with Crippen molar-refractivity contribution < 1.29 is 0 Å². The monoisotopic (exact) mass is 392 g/mol. The number of nitrogens with one attached hydrogen (secondary N) is 2. The minimum Gasteiger partial charge on any atom is -0.357 e. The van der Waals surface area contributed by atoms with Gasteiger partial charge in [-0.15, -0.1) is 10.2 Å². The van der Waals surface area contributed by atoms with E-state index in [1.807, 2.05) is 28.8 Å². The van der Waals surface area contributed by atoms with E-state index in [-0.39, 0.29) is 5.41 Å². The Morgan fingerprint density at radius 3 is 2.55 bits per heavy atom. The number of aliphatic imine (C=N–C) groups is 1. The number of aromatic nitrogens is 3. The molecular formula is C23H32N6. The highest BCUT2D eigenvalue weighted by Crippen LogP contribution is 2.24. The second-order valence-corrected chi connectivity index (χ2v) is 7.85. The largest absolute Gasteiger partial charge is 0.357 e. The van der Waals surface area contributed by atoms with Crippen LogP contribution >= 0.6 is 0 Å². The zero-order valence-electron chi connectivity index (χ0n) is 17.9. The summed E-state index contributed by atoms with van der Waals surface area (Å²) in [5.74, 6) is 1.78. The Hall–Kier alpha value is -2.89. The highest BCUT2D eigenvalue weighted by atomic mass is 15.2. The number of nitrogens with zero attached hydrogens (tertiary/aromatic N) is 4. The van der Waals surface area contributed by atoms with E-state index >= 15 is 0 Å². The molecule has 6 nitrogen and oxygen atoms in total. The number of benzene rings is 1. The van der Waals surface area contributed by atoms with Crippen molar-refractivity contribution in [3.63, 3.8) is 0 Å². The molecule has 2 N–H and O–H groups in total. The fourth-order valence-corrected chi connectivity index (χ4v) is 3.26. The number of fused-ring (bicyclic) bond motifs is 1. The molecule has 0 unspecified atom stereocenters. The first-order chi connectivity index (χ1) is 14.0. The van der Waals surface area contributed by atoms with Gasteiger partial charge in [0, 0.05) is 31.1 Å². The minimum atomic E-state index is -0.0299. The van der Waals surface area contributed by atoms with Gasteiger partial charge < -0.3 is 10.6 Å². The lowest BCUT2D eigenvalue weighted by Crippen LogP contribution is -2.39. The van der Waals surface area contributed by atoms with E-state index in [9.17, 15) is 0 Å². The van der Waals surface area contributed by atoms with Crippen molar-refractivity contribution in [1.82, 2.24) is 25.2 Å². The summed E-state index contributed by atoms with van der Waals surface area (Å²) in [5.41, 5.74) is 3.52. The molecule has 0 amide bonds. The summed E-state index contributed by atoms with van der Waals surface area (Å²) in [4.78, 5) is 4.84. The van der Waals surface area contributed by atoms with Crippen LogP contribution in [0.4, 0.5) is 0 Å². The smallest absolute Gasteiger partial charge is 0.191 e. The predicted octanol–water partition coefficient (Wildman–Crippen LogP) is 3.37. The van der Waals surface area contributed by atoms with Crippen molar-refractivity contribution in [3.05, 3.63) is 65.6 Å². The predicted molar refractivity (Wildman–Crippen MR) is 120 cm³/mol. The highest BCUT2D eigenvalue weighted by molar-refractivity contribution is 5.79. The molecule has 2 aromatic heterocycles. The van der Waals surface area contributed by atoms with Crippen molar-refractivity contribution in [2.45, 2.75) is 46.0 Å². The fraction of sp³-hybridized carbons (Fsp3) is 0.435. The van der Waals surface area contributed by atoms with Crippen LogP contribution in [-0.4, -0.2) is 40.2 Å². The van der Waals surface area contributed by atoms with Gasteiger partial charge in [0.2, 0.25) is 0 Å². The molecule has 1 aromatic carbocycles. The average molecular weight is 393 g/mol. The summed E-state index contributed by atoms with van der Waals surface area (Å²) in [7, 11) is 0. The maximum absolute atomic E-state index is 4.84. The molecule has 0 spiro atoms. The first-order valence-corrected chi connectivity index (χ1v) is 10.4. The van der Waals surface area contributed by atoms with E-state index in [2.05, 4.69) is 72.8 Å². The zero-order valence-corrected chi connectivity index (χ0v) is 17.9. The van der Waals surface area contributed by atoms with Gasteiger partial charge in [0.25, 0.3) is 0 Å². The van der Waals surface area contributed by atoms with Crippen LogP contribution < -0.4 is 10.6 Å². The van der Waals surface area contributed by atoms with Gasteiger partial charge in [0.05, 0.1) is 6.54 Å². The lowest BCUT2D eigenvalue weighted by Gasteiger charge is -2.24. The molecule has 0 aliphatic heterocycles. The van der Waals surface area contributed by atoms with Crippen molar-refractivity contribution in [1.29, 1.82) is 0 Å². The third kappa shape index (κ3) is 5.34. The highest BCUT2D eigenvalue weighted by Gasteiger charge is 2.20. The van der Waals surface area contributed by atoms with Gasteiger partial charge in [-0.3, -0.25) is 9.39 Å². The molecule has 0 saturated heterocycles. The molecule has 3 aromatic rings. The summed E-state index contributed by atoms with van der Waals surface area (Å²) in [5, 5.41) is 15.3. The Balaban J connectivity index is 1.61. The minimum absolute atomic E-state index is 0.0299. The Labute approximate surface area is 173 Å². The Bertz CT molecular complexity index is 939. The van der Waals surface area contributed by atoms with E-state index in [1.165, 1.54) is 11.1 Å². The van der Waals surface area contributed by atoms with Gasteiger partial charge in [-0.25, -0.2) is 0 Å². The van der Waals surface area contributed by atoms with Gasteiger partial charge in [-0.2, -0.15) is 0 Å². The normalized spacial score (nSPS) is 12.3. The molecule has 6 heteroatoms. The van der Waals surface area contributed by atoms with Crippen molar-refractivity contribution in [2.75, 3.05) is 19.6 Å². The van der Waals surface area contributed by atoms with Crippen LogP contribution in [-0.2, 0) is 18.3 Å². The molecule has 0 atom stereocenters. The maximum Gasteiger partial charge on any atom is 0.191 e. The molecule has 0 radical (unpaired) electrons. The molecule has 0 bridgehead atoms. The lowest BCUT2D eigenvalue weighted by molar-refractivity contribution is 0.537. The Kier molecular flexibility index (Phi) is 6.86. The molecule has 29 heavy (non-hydrogen) atoms. The zero-order chi connectivity index (χ0) is 20.7. The number of hydrogen-bond donors (Lipinski definition) is 2. The molecular weight excluding hydrogens is 360 g/mol. The third-order valence-electron chi connectivity index (χ3n) is 5.15. The Morgan fingerprint density at radius 1 is 1.03 bits per heavy atom. The maximum atomic E-state index is 4.84. The van der Waals surface area contributed by atoms with E-state index in [4.69, 9.17) is 4.99 Å². The van der Waals surface area contributed by atoms with Crippen LogP contribution in [0.25, 0.3) is 5.65 Å². The van der Waals surface area contributed by atoms with Crippen LogP contribution in [0.2, 0.25) is 0 Å². The van der Waals surface area contributed by atoms with Gasteiger partial charge in [0.15, 0.2) is 11.6 Å². The number of hydrogen-bond acceptors (Lipinski definition) is 3. The van der Waals surface area contributed by atoms with Gasteiger partial charge >= 0.3 is 0 Å². The van der Waals surface area contributed by atoms with Crippen LogP contribution in [0.1, 0.15) is 44.6 Å². The van der Waals surface area contributed by atoms with Crippen molar-refractivity contribution in [3.8, 4) is 0 Å². The molecule has 2 heterocycles. The molecule has 3 rings (SSSR count). The molecule has 0 aliphatic rings. The topological polar surface area (TPSA) is 66.6 Å². The lowest BCUT2D eigenvalue weighted by atomic mass is 9.84. The summed E-state index contributed by atoms with van der Waals surface area (Å²) < 4.78 is 2.02. The van der Waals surface area contributed by atoms with E-state index in [1.54, 1.807) is 0 Å². The SMILES string of the molecule is CCNC(=NCC(C)(C)c1ccc(CC)cc1)NCCc1nnc2ccccn12. The molecule has 0 fully saturated rings. The second kappa shape index (κ2) is 9.54. The van der Waals surface area contributed by atoms with Crippen LogP contribution in [0.5, 0.6) is 0 Å². The van der Waals surface area contributed by atoms with E-state index in [0.29, 0.717) is 6.54 Å². The Morgan fingerprint density at radius 2 is 1.83 bits per heavy atom. The molecule has 154 valence electrons. The van der Waals surface area contributed by atoms with Crippen molar-refractivity contribution in [2.24, 2.45) is 4.99 Å². The number of aryl methyl sites for hydroxylation is 1. The first-order valence-electron chi connectivity index (χ1n) is 10.4. The van der Waals surface area contributed by atoms with Crippen LogP contribution in [0, 0.1) is 0 Å². The van der Waals surface area contributed by atoms with Crippen molar-refractivity contribution >= 4 is 11.6 Å². The van der Waals surface area contributed by atoms with Crippen LogP contribution in [0.3, 0.4) is 0 Å². The molecule has 0 aliphatic carbocycles. The third-order valence-corrected chi connectivity index (χ3v) is 5.15. The number of pyridine rings is 1. The van der Waals surface area contributed by atoms with Gasteiger partial charge in [-0.1, -0.05) is 51.1 Å². The standard InChI is InChI=1S/C23H32N6/c1-5-18-10-12-19(13-11-18)23(3,4)17-26-22(24-6-2)25-15-14-21-28-27-20-9-7-8-16-29(20)21/h7-13,16H,5-6,14-15,17H2,1-4H3,(H2,24,25,26). The molecule has 0 saturated carbocycles. The van der Waals surface area contributed by atoms with E-state index < -0.39 is 0 Å². The quantitative estimate of drug-likeness (QED) is 0.456.